The van der Waals surface area contributed by atoms with Gasteiger partial charge in [0.05, 0.1) is 6.54 Å². The van der Waals surface area contributed by atoms with Crippen molar-refractivity contribution in [2.45, 2.75) is 45.6 Å². The maximum absolute atomic E-state index is 5.90. The van der Waals surface area contributed by atoms with Crippen molar-refractivity contribution < 1.29 is 0 Å². The Morgan fingerprint density at radius 2 is 2.10 bits per heavy atom. The summed E-state index contributed by atoms with van der Waals surface area (Å²) in [6.07, 6.45) is 6.33. The second-order valence-electron chi connectivity index (χ2n) is 5.96. The molecule has 1 aliphatic rings. The average molecular weight is 350 g/mol. The van der Waals surface area contributed by atoms with Crippen molar-refractivity contribution >= 4 is 21.6 Å². The monoisotopic (exact) mass is 349 g/mol. The van der Waals surface area contributed by atoms with Crippen LogP contribution in [0.2, 0.25) is 0 Å². The number of rotatable bonds is 4. The van der Waals surface area contributed by atoms with E-state index in [1.807, 2.05) is 22.9 Å². The zero-order chi connectivity index (χ0) is 14.9. The predicted octanol–water partition coefficient (Wildman–Crippen LogP) is 3.66. The Kier molecular flexibility index (Phi) is 3.97. The van der Waals surface area contributed by atoms with Crippen molar-refractivity contribution in [2.75, 3.05) is 5.73 Å². The maximum atomic E-state index is 5.90. The summed E-state index contributed by atoms with van der Waals surface area (Å²) in [5.74, 6) is 0.786. The van der Waals surface area contributed by atoms with Gasteiger partial charge in [-0.2, -0.15) is 0 Å². The highest BCUT2D eigenvalue weighted by molar-refractivity contribution is 9.10. The van der Waals surface area contributed by atoms with Crippen LogP contribution in [0.5, 0.6) is 0 Å². The van der Waals surface area contributed by atoms with Crippen LogP contribution in [0.25, 0.3) is 11.4 Å². The van der Waals surface area contributed by atoms with E-state index < -0.39 is 0 Å². The molecule has 0 bridgehead atoms. The first kappa shape index (κ1) is 14.5. The second-order valence-corrected chi connectivity index (χ2v) is 6.81. The lowest BCUT2D eigenvalue weighted by atomic mass is 9.83. The van der Waals surface area contributed by atoms with E-state index in [4.69, 9.17) is 5.73 Å². The Morgan fingerprint density at radius 3 is 2.81 bits per heavy atom. The molecule has 1 fully saturated rings. The summed E-state index contributed by atoms with van der Waals surface area (Å²) in [7, 11) is 0. The van der Waals surface area contributed by atoms with Gasteiger partial charge in [0.2, 0.25) is 0 Å². The molecule has 2 aromatic rings. The Hall–Kier alpha value is -1.43. The molecule has 6 heteroatoms. The van der Waals surface area contributed by atoms with Crippen LogP contribution in [0.15, 0.2) is 22.7 Å². The molecule has 2 N–H and O–H groups in total. The van der Waals surface area contributed by atoms with Crippen LogP contribution in [-0.4, -0.2) is 20.2 Å². The maximum Gasteiger partial charge on any atom is 0.183 e. The van der Waals surface area contributed by atoms with Gasteiger partial charge in [-0.1, -0.05) is 35.7 Å². The van der Waals surface area contributed by atoms with Gasteiger partial charge in [-0.3, -0.25) is 0 Å². The average Bonchev–Trinajstić information content (AvgIpc) is 3.12. The summed E-state index contributed by atoms with van der Waals surface area (Å²) in [5, 5.41) is 12.3. The first-order valence-corrected chi connectivity index (χ1v) is 8.24. The smallest absolute Gasteiger partial charge is 0.183 e. The number of tetrazole rings is 1. The van der Waals surface area contributed by atoms with Gasteiger partial charge in [-0.15, -0.1) is 5.10 Å². The third kappa shape index (κ3) is 2.81. The largest absolute Gasteiger partial charge is 0.399 e. The molecular weight excluding hydrogens is 330 g/mol. The Bertz CT molecular complexity index is 631. The molecular formula is C15H20BrN5. The molecule has 21 heavy (non-hydrogen) atoms. The Balaban J connectivity index is 1.96. The molecule has 1 aliphatic carbocycles. The molecule has 1 aromatic carbocycles. The number of hydrogen-bond donors (Lipinski definition) is 1. The van der Waals surface area contributed by atoms with E-state index in [1.54, 1.807) is 0 Å². The Labute approximate surface area is 133 Å². The molecule has 0 unspecified atom stereocenters. The van der Waals surface area contributed by atoms with Crippen LogP contribution in [0, 0.1) is 5.41 Å². The SMILES string of the molecule is CCC1(Cn2nnnc2-c2cc(N)ccc2Br)CCCC1. The van der Waals surface area contributed by atoms with Crippen LogP contribution in [0.4, 0.5) is 5.69 Å². The lowest BCUT2D eigenvalue weighted by molar-refractivity contribution is 0.226. The lowest BCUT2D eigenvalue weighted by Gasteiger charge is -2.27. The van der Waals surface area contributed by atoms with E-state index in [2.05, 4.69) is 38.4 Å². The van der Waals surface area contributed by atoms with Crippen LogP contribution in [0.1, 0.15) is 39.0 Å². The molecule has 1 heterocycles. The van der Waals surface area contributed by atoms with Crippen LogP contribution in [-0.2, 0) is 6.54 Å². The van der Waals surface area contributed by atoms with Gasteiger partial charge in [-0.25, -0.2) is 4.68 Å². The van der Waals surface area contributed by atoms with Crippen molar-refractivity contribution in [3.63, 3.8) is 0 Å². The first-order valence-electron chi connectivity index (χ1n) is 7.45. The molecule has 5 nitrogen and oxygen atoms in total. The number of aromatic nitrogens is 4. The molecule has 0 spiro atoms. The van der Waals surface area contributed by atoms with Gasteiger partial charge in [0, 0.05) is 15.7 Å². The van der Waals surface area contributed by atoms with E-state index in [0.717, 1.165) is 22.4 Å². The summed E-state index contributed by atoms with van der Waals surface area (Å²) in [5.41, 5.74) is 7.91. The van der Waals surface area contributed by atoms with Gasteiger partial charge in [-0.05, 0) is 53.3 Å². The molecule has 0 saturated heterocycles. The number of nitrogens with two attached hydrogens (primary N) is 1. The third-order valence-electron chi connectivity index (χ3n) is 4.66. The summed E-state index contributed by atoms with van der Waals surface area (Å²) < 4.78 is 2.90. The van der Waals surface area contributed by atoms with Crippen molar-refractivity contribution in [3.8, 4) is 11.4 Å². The number of anilines is 1. The fourth-order valence-electron chi connectivity index (χ4n) is 3.28. The quantitative estimate of drug-likeness (QED) is 0.855. The number of benzene rings is 1. The molecule has 0 radical (unpaired) electrons. The summed E-state index contributed by atoms with van der Waals surface area (Å²) in [6.45, 7) is 3.15. The van der Waals surface area contributed by atoms with Gasteiger partial charge < -0.3 is 5.73 Å². The number of hydrogen-bond acceptors (Lipinski definition) is 4. The molecule has 0 amide bonds. The fourth-order valence-corrected chi connectivity index (χ4v) is 3.71. The topological polar surface area (TPSA) is 69.6 Å². The molecule has 112 valence electrons. The summed E-state index contributed by atoms with van der Waals surface area (Å²) in [4.78, 5) is 0. The molecule has 3 rings (SSSR count). The van der Waals surface area contributed by atoms with E-state index in [-0.39, 0.29) is 0 Å². The third-order valence-corrected chi connectivity index (χ3v) is 5.35. The molecule has 1 aromatic heterocycles. The number of nitrogens with zero attached hydrogens (tertiary/aromatic N) is 4. The molecule has 1 saturated carbocycles. The zero-order valence-corrected chi connectivity index (χ0v) is 13.8. The molecule has 0 aliphatic heterocycles. The lowest BCUT2D eigenvalue weighted by Crippen LogP contribution is -2.24. The van der Waals surface area contributed by atoms with E-state index in [9.17, 15) is 0 Å². The van der Waals surface area contributed by atoms with Gasteiger partial charge in [0.25, 0.3) is 0 Å². The normalized spacial score (nSPS) is 17.2. The van der Waals surface area contributed by atoms with Crippen LogP contribution < -0.4 is 5.73 Å². The van der Waals surface area contributed by atoms with Gasteiger partial charge in [0.15, 0.2) is 5.82 Å². The standard InChI is InChI=1S/C15H20BrN5/c1-2-15(7-3-4-8-15)10-21-14(18-19-20-21)12-9-11(17)5-6-13(12)16/h5-6,9H,2-4,7-8,10,17H2,1H3. The minimum Gasteiger partial charge on any atom is -0.399 e. The predicted molar refractivity (Wildman–Crippen MR) is 86.6 cm³/mol. The highest BCUT2D eigenvalue weighted by Crippen LogP contribution is 2.43. The summed E-state index contributed by atoms with van der Waals surface area (Å²) in [6, 6.07) is 5.72. The van der Waals surface area contributed by atoms with Crippen molar-refractivity contribution in [1.82, 2.24) is 20.2 Å². The van der Waals surface area contributed by atoms with Gasteiger partial charge in [0.1, 0.15) is 0 Å². The minimum absolute atomic E-state index is 0.344. The molecule has 0 atom stereocenters. The van der Waals surface area contributed by atoms with Gasteiger partial charge >= 0.3 is 0 Å². The zero-order valence-electron chi connectivity index (χ0n) is 12.2. The highest BCUT2D eigenvalue weighted by atomic mass is 79.9. The first-order chi connectivity index (χ1) is 10.1. The van der Waals surface area contributed by atoms with Crippen LogP contribution in [0.3, 0.4) is 0 Å². The Morgan fingerprint density at radius 1 is 1.33 bits per heavy atom. The highest BCUT2D eigenvalue weighted by Gasteiger charge is 2.33. The van der Waals surface area contributed by atoms with Crippen LogP contribution >= 0.6 is 15.9 Å². The van der Waals surface area contributed by atoms with Crippen molar-refractivity contribution in [2.24, 2.45) is 5.41 Å². The van der Waals surface area contributed by atoms with E-state index in [0.29, 0.717) is 11.1 Å². The minimum atomic E-state index is 0.344. The second kappa shape index (κ2) is 5.75. The summed E-state index contributed by atoms with van der Waals surface area (Å²) >= 11 is 3.56. The van der Waals surface area contributed by atoms with E-state index in [1.165, 1.54) is 32.1 Å². The van der Waals surface area contributed by atoms with Crippen molar-refractivity contribution in [3.05, 3.63) is 22.7 Å². The number of halogens is 1. The number of nitrogen functional groups attached to an aromatic ring is 1. The fraction of sp³-hybridized carbons (Fsp3) is 0.533. The van der Waals surface area contributed by atoms with E-state index >= 15 is 0 Å². The van der Waals surface area contributed by atoms with Crippen molar-refractivity contribution in [1.29, 1.82) is 0 Å².